The van der Waals surface area contributed by atoms with Gasteiger partial charge in [0.05, 0.1) is 27.8 Å². The molecule has 276 valence electrons. The summed E-state index contributed by atoms with van der Waals surface area (Å²) in [5.74, 6) is 1.34. The third kappa shape index (κ3) is 5.86. The summed E-state index contributed by atoms with van der Waals surface area (Å²) < 4.78 is 11.1. The van der Waals surface area contributed by atoms with E-state index in [0.29, 0.717) is 22.5 Å². The predicted octanol–water partition coefficient (Wildman–Crippen LogP) is 13.2. The number of rotatable bonds is 7. The zero-order valence-corrected chi connectivity index (χ0v) is 32.0. The van der Waals surface area contributed by atoms with Crippen LogP contribution in [0.2, 0.25) is 0 Å². The van der Waals surface area contributed by atoms with Crippen molar-refractivity contribution in [1.82, 2.24) is 9.13 Å². The van der Waals surface area contributed by atoms with Gasteiger partial charge in [0.2, 0.25) is 0 Å². The van der Waals surface area contributed by atoms with Gasteiger partial charge in [-0.3, -0.25) is 0 Å². The molecule has 0 fully saturated rings. The van der Waals surface area contributed by atoms with E-state index in [1.807, 2.05) is 54.6 Å². The Morgan fingerprint density at radius 2 is 0.949 bits per heavy atom. The van der Waals surface area contributed by atoms with E-state index in [2.05, 4.69) is 161 Å². The van der Waals surface area contributed by atoms with Crippen LogP contribution in [0.25, 0.3) is 88.4 Å². The second-order valence-corrected chi connectivity index (χ2v) is 14.9. The van der Waals surface area contributed by atoms with Gasteiger partial charge in [0.1, 0.15) is 25.1 Å². The summed E-state index contributed by atoms with van der Waals surface area (Å²) in [6.45, 7) is 0. The van der Waals surface area contributed by atoms with Gasteiger partial charge in [-0.15, -0.1) is 0 Å². The molecule has 0 amide bonds. The fourth-order valence-electron chi connectivity index (χ4n) is 8.74. The Morgan fingerprint density at radius 1 is 0.390 bits per heavy atom. The highest BCUT2D eigenvalue weighted by Gasteiger charge is 2.18. The molecule has 0 saturated heterocycles. The minimum atomic E-state index is 0.167. The number of hydrogen-bond donors (Lipinski definition) is 1. The van der Waals surface area contributed by atoms with Gasteiger partial charge in [-0.2, -0.15) is 0 Å². The smallest absolute Gasteiger partial charge is 0.128 e. The zero-order valence-electron chi connectivity index (χ0n) is 32.0. The van der Waals surface area contributed by atoms with Gasteiger partial charge >= 0.3 is 0 Å². The maximum absolute atomic E-state index is 12.0. The fraction of sp³-hybridized carbons (Fsp3) is 0. The lowest BCUT2D eigenvalue weighted by molar-refractivity contribution is 0.477. The van der Waals surface area contributed by atoms with Crippen LogP contribution in [0.1, 0.15) is 0 Å². The molecule has 9 aromatic carbocycles. The first-order valence-corrected chi connectivity index (χ1v) is 19.8. The Kier molecular flexibility index (Phi) is 8.19. The molecule has 0 aliphatic carbocycles. The molecule has 2 aromatic heterocycles. The summed E-state index contributed by atoms with van der Waals surface area (Å²) >= 11 is 0. The summed E-state index contributed by atoms with van der Waals surface area (Å²) in [4.78, 5) is 0. The van der Waals surface area contributed by atoms with E-state index in [-0.39, 0.29) is 5.75 Å². The molecule has 0 saturated carbocycles. The monoisotopic (exact) mass is 754 g/mol. The Labute approximate surface area is 342 Å². The third-order valence-electron chi connectivity index (χ3n) is 11.4. The lowest BCUT2D eigenvalue weighted by Gasteiger charge is -2.17. The lowest BCUT2D eigenvalue weighted by atomic mass is 9.94. The molecule has 0 aliphatic rings. The van der Waals surface area contributed by atoms with Crippen molar-refractivity contribution in [2.24, 2.45) is 0 Å². The molecule has 11 rings (SSSR count). The second-order valence-electron chi connectivity index (χ2n) is 14.9. The number of aromatic hydroxyl groups is 1. The first kappa shape index (κ1) is 34.5. The Balaban J connectivity index is 1.04. The molecule has 11 aromatic rings. The van der Waals surface area contributed by atoms with E-state index >= 15 is 0 Å². The quantitative estimate of drug-likeness (QED) is 0.165. The molecule has 0 unspecified atom stereocenters. The van der Waals surface area contributed by atoms with Crippen LogP contribution in [-0.2, 0) is 0 Å². The van der Waals surface area contributed by atoms with E-state index in [1.165, 1.54) is 21.5 Å². The van der Waals surface area contributed by atoms with Gasteiger partial charge in [0, 0.05) is 38.4 Å². The van der Waals surface area contributed by atoms with Crippen LogP contribution >= 0.6 is 0 Å². The zero-order chi connectivity index (χ0) is 39.5. The standard InChI is InChI=1S/C54H35BN2O2/c55-47-21-6-12-27-54(47)59-40-32-37(35-14-13-15-39(31-35)56-49-23-8-2-17-43(49)44-18-3-9-24-50(44)56)30-38(33-40)42-29-28-36(34-53(42)58)41-16-1-7-22-48(41)57-51-25-10-4-19-45(51)46-20-5-11-26-52(46)57/h1-34,58H. The molecule has 2 radical (unpaired) electrons. The average molecular weight is 755 g/mol. The van der Waals surface area contributed by atoms with E-state index < -0.39 is 0 Å². The van der Waals surface area contributed by atoms with Crippen molar-refractivity contribution in [1.29, 1.82) is 0 Å². The van der Waals surface area contributed by atoms with Crippen molar-refractivity contribution >= 4 is 56.9 Å². The van der Waals surface area contributed by atoms with Gasteiger partial charge < -0.3 is 19.0 Å². The lowest BCUT2D eigenvalue weighted by Crippen LogP contribution is -2.05. The largest absolute Gasteiger partial charge is 0.507 e. The van der Waals surface area contributed by atoms with Gasteiger partial charge in [0.15, 0.2) is 0 Å². The molecular formula is C54H35BN2O2. The fourth-order valence-corrected chi connectivity index (χ4v) is 8.74. The van der Waals surface area contributed by atoms with Crippen LogP contribution in [0.15, 0.2) is 206 Å². The number of phenols is 1. The van der Waals surface area contributed by atoms with Crippen LogP contribution < -0.4 is 10.2 Å². The van der Waals surface area contributed by atoms with Crippen molar-refractivity contribution in [3.05, 3.63) is 206 Å². The maximum atomic E-state index is 12.0. The number of para-hydroxylation sites is 6. The highest BCUT2D eigenvalue weighted by Crippen LogP contribution is 2.42. The van der Waals surface area contributed by atoms with Crippen molar-refractivity contribution < 1.29 is 9.84 Å². The topological polar surface area (TPSA) is 39.3 Å². The van der Waals surface area contributed by atoms with Crippen molar-refractivity contribution in [3.63, 3.8) is 0 Å². The highest BCUT2D eigenvalue weighted by molar-refractivity contribution is 6.34. The number of hydrogen-bond acceptors (Lipinski definition) is 2. The Morgan fingerprint density at radius 3 is 1.59 bits per heavy atom. The van der Waals surface area contributed by atoms with Crippen LogP contribution in [-0.4, -0.2) is 22.1 Å². The minimum Gasteiger partial charge on any atom is -0.507 e. The second kappa shape index (κ2) is 14.0. The van der Waals surface area contributed by atoms with Crippen molar-refractivity contribution in [2.75, 3.05) is 0 Å². The van der Waals surface area contributed by atoms with Crippen LogP contribution in [0.5, 0.6) is 17.2 Å². The van der Waals surface area contributed by atoms with Crippen LogP contribution in [0.3, 0.4) is 0 Å². The molecule has 2 heterocycles. The van der Waals surface area contributed by atoms with Crippen LogP contribution in [0, 0.1) is 0 Å². The van der Waals surface area contributed by atoms with Crippen molar-refractivity contribution in [3.8, 4) is 62.0 Å². The maximum Gasteiger partial charge on any atom is 0.128 e. The number of benzene rings is 9. The first-order chi connectivity index (χ1) is 29.1. The number of ether oxygens (including phenoxy) is 1. The molecule has 4 nitrogen and oxygen atoms in total. The molecule has 0 atom stereocenters. The van der Waals surface area contributed by atoms with Gasteiger partial charge in [-0.05, 0) is 95.1 Å². The predicted molar refractivity (Wildman–Crippen MR) is 245 cm³/mol. The van der Waals surface area contributed by atoms with E-state index in [0.717, 1.165) is 61.3 Å². The molecule has 0 bridgehead atoms. The molecular weight excluding hydrogens is 719 g/mol. The number of aromatic nitrogens is 2. The van der Waals surface area contributed by atoms with Gasteiger partial charge in [-0.1, -0.05) is 139 Å². The first-order valence-electron chi connectivity index (χ1n) is 19.8. The summed E-state index contributed by atoms with van der Waals surface area (Å²) in [6, 6.07) is 70.6. The molecule has 1 N–H and O–H groups in total. The van der Waals surface area contributed by atoms with Crippen molar-refractivity contribution in [2.45, 2.75) is 0 Å². The highest BCUT2D eigenvalue weighted by atomic mass is 16.5. The minimum absolute atomic E-state index is 0.167. The van der Waals surface area contributed by atoms with E-state index in [4.69, 9.17) is 12.6 Å². The summed E-state index contributed by atoms with van der Waals surface area (Å²) in [5, 5.41) is 16.8. The molecule has 0 spiro atoms. The summed E-state index contributed by atoms with van der Waals surface area (Å²) in [5.41, 5.74) is 12.6. The molecule has 0 aliphatic heterocycles. The average Bonchev–Trinajstić information content (AvgIpc) is 3.80. The Bertz CT molecular complexity index is 3310. The SMILES string of the molecule is [B]c1ccccc1Oc1cc(-c2cccc(-n3c4ccccc4c4ccccc43)c2)cc(-c2ccc(-c3ccccc3-n3c4ccccc4c4ccccc43)cc2O)c1. The van der Waals surface area contributed by atoms with E-state index in [9.17, 15) is 5.11 Å². The Hall–Kier alpha value is -7.76. The summed E-state index contributed by atoms with van der Waals surface area (Å²) in [7, 11) is 6.37. The number of phenolic OH excluding ortho intramolecular Hbond substituents is 1. The molecule has 5 heteroatoms. The van der Waals surface area contributed by atoms with Gasteiger partial charge in [-0.25, -0.2) is 0 Å². The van der Waals surface area contributed by atoms with E-state index in [1.54, 1.807) is 0 Å². The third-order valence-corrected chi connectivity index (χ3v) is 11.4. The number of fused-ring (bicyclic) bond motifs is 6. The molecule has 59 heavy (non-hydrogen) atoms. The summed E-state index contributed by atoms with van der Waals surface area (Å²) in [6.07, 6.45) is 0. The number of nitrogens with zero attached hydrogens (tertiary/aromatic N) is 2. The van der Waals surface area contributed by atoms with Gasteiger partial charge in [0.25, 0.3) is 0 Å². The van der Waals surface area contributed by atoms with Crippen LogP contribution in [0.4, 0.5) is 0 Å². The normalized spacial score (nSPS) is 11.5.